The molecule has 0 aromatic heterocycles. The van der Waals surface area contributed by atoms with E-state index in [9.17, 15) is 4.79 Å². The Hall–Kier alpha value is -1.55. The summed E-state index contributed by atoms with van der Waals surface area (Å²) in [6, 6.07) is 8.69. The Bertz CT molecular complexity index is 452. The van der Waals surface area contributed by atoms with Crippen molar-refractivity contribution in [3.8, 4) is 0 Å². The number of aliphatic hydroxyl groups excluding tert-OH is 1. The number of carbonyl (C=O) groups excluding carboxylic acids is 1. The number of rotatable bonds is 7. The van der Waals surface area contributed by atoms with Gasteiger partial charge < -0.3 is 14.9 Å². The maximum absolute atomic E-state index is 12.3. The minimum absolute atomic E-state index is 0.0553. The number of nitrogens with zero attached hydrogens (tertiary/aromatic N) is 2. The molecule has 0 unspecified atom stereocenters. The van der Waals surface area contributed by atoms with E-state index in [1.165, 1.54) is 17.7 Å². The molecule has 0 atom stereocenters. The summed E-state index contributed by atoms with van der Waals surface area (Å²) in [6.07, 6.45) is 4.66. The van der Waals surface area contributed by atoms with Gasteiger partial charge in [-0.3, -0.25) is 4.79 Å². The minimum Gasteiger partial charge on any atom is -0.395 e. The van der Waals surface area contributed by atoms with Gasteiger partial charge in [0.15, 0.2) is 0 Å². The first kappa shape index (κ1) is 15.8. The maximum atomic E-state index is 12.3. The van der Waals surface area contributed by atoms with E-state index in [-0.39, 0.29) is 12.5 Å². The Labute approximate surface area is 127 Å². The van der Waals surface area contributed by atoms with Gasteiger partial charge in [-0.15, -0.1) is 0 Å². The van der Waals surface area contributed by atoms with Gasteiger partial charge in [-0.25, -0.2) is 0 Å². The van der Waals surface area contributed by atoms with Crippen LogP contribution in [0, 0.1) is 0 Å². The number of aliphatic hydroxyl groups is 1. The van der Waals surface area contributed by atoms with Crippen LogP contribution in [0.15, 0.2) is 24.3 Å². The van der Waals surface area contributed by atoms with Crippen molar-refractivity contribution in [2.75, 3.05) is 32.1 Å². The molecule has 0 spiro atoms. The molecule has 4 heteroatoms. The number of carbonyl (C=O) groups is 1. The van der Waals surface area contributed by atoms with Gasteiger partial charge in [0.05, 0.1) is 6.61 Å². The molecule has 0 heterocycles. The van der Waals surface area contributed by atoms with Crippen LogP contribution in [-0.2, 0) is 11.2 Å². The largest absolute Gasteiger partial charge is 0.395 e. The smallest absolute Gasteiger partial charge is 0.223 e. The third-order valence-electron chi connectivity index (χ3n) is 4.26. The minimum atomic E-state index is 0.0553. The molecule has 4 nitrogen and oxygen atoms in total. The van der Waals surface area contributed by atoms with Crippen molar-refractivity contribution in [1.29, 1.82) is 0 Å². The van der Waals surface area contributed by atoms with Crippen LogP contribution in [0.25, 0.3) is 0 Å². The van der Waals surface area contributed by atoms with Crippen LogP contribution >= 0.6 is 0 Å². The average molecular weight is 290 g/mol. The van der Waals surface area contributed by atoms with Crippen LogP contribution in [0.4, 0.5) is 5.69 Å². The topological polar surface area (TPSA) is 43.8 Å². The summed E-state index contributed by atoms with van der Waals surface area (Å²) in [5.41, 5.74) is 2.35. The molecule has 116 valence electrons. The van der Waals surface area contributed by atoms with Crippen LogP contribution in [0.2, 0.25) is 0 Å². The Morgan fingerprint density at radius 1 is 1.24 bits per heavy atom. The summed E-state index contributed by atoms with van der Waals surface area (Å²) < 4.78 is 0. The molecule has 1 aliphatic carbocycles. The van der Waals surface area contributed by atoms with E-state index in [4.69, 9.17) is 5.11 Å². The normalized spacial score (nSPS) is 14.6. The first-order chi connectivity index (χ1) is 10.1. The number of hydrogen-bond donors (Lipinski definition) is 1. The van der Waals surface area contributed by atoms with Gasteiger partial charge >= 0.3 is 0 Å². The highest BCUT2D eigenvalue weighted by Crippen LogP contribution is 2.25. The van der Waals surface area contributed by atoms with Crippen molar-refractivity contribution in [3.63, 3.8) is 0 Å². The summed E-state index contributed by atoms with van der Waals surface area (Å²) >= 11 is 0. The highest BCUT2D eigenvalue weighted by molar-refractivity contribution is 5.77. The maximum Gasteiger partial charge on any atom is 0.223 e. The van der Waals surface area contributed by atoms with Gasteiger partial charge in [0.25, 0.3) is 0 Å². The third kappa shape index (κ3) is 4.21. The molecule has 0 radical (unpaired) electrons. The lowest BCUT2D eigenvalue weighted by Crippen LogP contribution is -2.45. The Kier molecular flexibility index (Phi) is 5.62. The molecule has 1 N–H and O–H groups in total. The van der Waals surface area contributed by atoms with Gasteiger partial charge in [-0.2, -0.15) is 0 Å². The molecule has 1 aromatic rings. The number of benzene rings is 1. The van der Waals surface area contributed by atoms with Crippen molar-refractivity contribution in [2.24, 2.45) is 0 Å². The number of aryl methyl sites for hydroxylation is 1. The molecular weight excluding hydrogens is 264 g/mol. The van der Waals surface area contributed by atoms with Gasteiger partial charge in [0, 0.05) is 38.8 Å². The lowest BCUT2D eigenvalue weighted by Gasteiger charge is -2.37. The zero-order valence-corrected chi connectivity index (χ0v) is 13.1. The Balaban J connectivity index is 1.86. The van der Waals surface area contributed by atoms with Crippen LogP contribution in [-0.4, -0.2) is 49.2 Å². The quantitative estimate of drug-likeness (QED) is 0.836. The van der Waals surface area contributed by atoms with Crippen molar-refractivity contribution in [1.82, 2.24) is 4.90 Å². The highest BCUT2D eigenvalue weighted by atomic mass is 16.3. The first-order valence-electron chi connectivity index (χ1n) is 7.78. The van der Waals surface area contributed by atoms with E-state index >= 15 is 0 Å². The summed E-state index contributed by atoms with van der Waals surface area (Å²) in [6.45, 7) is 0.531. The lowest BCUT2D eigenvalue weighted by molar-refractivity contribution is -0.135. The van der Waals surface area contributed by atoms with E-state index < -0.39 is 0 Å². The summed E-state index contributed by atoms with van der Waals surface area (Å²) in [5, 5.41) is 9.12. The molecule has 0 saturated heterocycles. The molecule has 1 aliphatic rings. The van der Waals surface area contributed by atoms with E-state index in [0.29, 0.717) is 19.0 Å². The fraction of sp³-hybridized carbons (Fsp3) is 0.588. The molecule has 1 fully saturated rings. The molecule has 1 amide bonds. The fourth-order valence-electron chi connectivity index (χ4n) is 2.67. The second kappa shape index (κ2) is 7.46. The van der Waals surface area contributed by atoms with Crippen molar-refractivity contribution in [3.05, 3.63) is 29.8 Å². The fourth-order valence-corrected chi connectivity index (χ4v) is 2.67. The molecule has 1 aromatic carbocycles. The molecule has 0 bridgehead atoms. The van der Waals surface area contributed by atoms with Gasteiger partial charge in [0.2, 0.25) is 5.91 Å². The summed E-state index contributed by atoms with van der Waals surface area (Å²) in [7, 11) is 4.04. The zero-order valence-electron chi connectivity index (χ0n) is 13.1. The highest BCUT2D eigenvalue weighted by Gasteiger charge is 2.27. The van der Waals surface area contributed by atoms with E-state index in [0.717, 1.165) is 19.3 Å². The summed E-state index contributed by atoms with van der Waals surface area (Å²) in [5.74, 6) is 0.172. The molecular formula is C17H26N2O2. The Morgan fingerprint density at radius 3 is 2.38 bits per heavy atom. The number of anilines is 1. The van der Waals surface area contributed by atoms with Crippen molar-refractivity contribution >= 4 is 11.6 Å². The van der Waals surface area contributed by atoms with Crippen LogP contribution in [0.1, 0.15) is 31.2 Å². The zero-order chi connectivity index (χ0) is 15.2. The van der Waals surface area contributed by atoms with Crippen molar-refractivity contribution < 1.29 is 9.90 Å². The van der Waals surface area contributed by atoms with Crippen LogP contribution in [0.5, 0.6) is 0 Å². The molecule has 1 saturated carbocycles. The predicted molar refractivity (Wildman–Crippen MR) is 85.5 cm³/mol. The van der Waals surface area contributed by atoms with E-state index in [1.807, 2.05) is 19.0 Å². The van der Waals surface area contributed by atoms with Gasteiger partial charge in [0.1, 0.15) is 0 Å². The Morgan fingerprint density at radius 2 is 1.90 bits per heavy atom. The van der Waals surface area contributed by atoms with Crippen LogP contribution < -0.4 is 4.90 Å². The monoisotopic (exact) mass is 290 g/mol. The second-order valence-electron chi connectivity index (χ2n) is 5.96. The van der Waals surface area contributed by atoms with Crippen molar-refractivity contribution in [2.45, 2.75) is 38.1 Å². The SMILES string of the molecule is CN(C)c1ccc(CCC(=O)N(CCO)C2CCC2)cc1. The molecule has 21 heavy (non-hydrogen) atoms. The molecule has 2 rings (SSSR count). The predicted octanol–water partition coefficient (Wildman–Crippen LogP) is 2.06. The van der Waals surface area contributed by atoms with Gasteiger partial charge in [-0.05, 0) is 43.4 Å². The van der Waals surface area contributed by atoms with E-state index in [1.54, 1.807) is 0 Å². The standard InChI is InChI=1S/C17H26N2O2/c1-18(2)15-9-6-14(7-10-15)8-11-17(21)19(12-13-20)16-4-3-5-16/h6-7,9-10,16,20H,3-5,8,11-13H2,1-2H3. The average Bonchev–Trinajstić information content (AvgIpc) is 2.43. The molecule has 0 aliphatic heterocycles. The number of hydrogen-bond acceptors (Lipinski definition) is 3. The van der Waals surface area contributed by atoms with E-state index in [2.05, 4.69) is 29.2 Å². The second-order valence-corrected chi connectivity index (χ2v) is 5.96. The number of amides is 1. The first-order valence-corrected chi connectivity index (χ1v) is 7.78. The van der Waals surface area contributed by atoms with Crippen LogP contribution in [0.3, 0.4) is 0 Å². The van der Waals surface area contributed by atoms with Gasteiger partial charge in [-0.1, -0.05) is 12.1 Å². The third-order valence-corrected chi connectivity index (χ3v) is 4.26. The lowest BCUT2D eigenvalue weighted by atomic mass is 9.91. The summed E-state index contributed by atoms with van der Waals surface area (Å²) in [4.78, 5) is 16.3.